The van der Waals surface area contributed by atoms with E-state index >= 15 is 0 Å². The monoisotopic (exact) mass is 500 g/mol. The maximum Gasteiger partial charge on any atom is 0.278 e. The van der Waals surface area contributed by atoms with Crippen LogP contribution in [0.25, 0.3) is 16.9 Å². The highest BCUT2D eigenvalue weighted by Gasteiger charge is 2.20. The third-order valence-electron chi connectivity index (χ3n) is 6.73. The summed E-state index contributed by atoms with van der Waals surface area (Å²) < 4.78 is 4.50. The second kappa shape index (κ2) is 9.78. The fourth-order valence-corrected chi connectivity index (χ4v) is 4.73. The largest absolute Gasteiger partial charge is 0.324 e. The van der Waals surface area contributed by atoms with E-state index in [2.05, 4.69) is 52.9 Å². The number of nitrogens with zero attached hydrogens (tertiary/aromatic N) is 7. The number of fused-ring (bicyclic) bond motifs is 2. The van der Waals surface area contributed by atoms with E-state index in [-0.39, 0.29) is 23.7 Å². The van der Waals surface area contributed by atoms with Crippen molar-refractivity contribution in [3.63, 3.8) is 0 Å². The second-order valence-corrected chi connectivity index (χ2v) is 9.91. The predicted molar refractivity (Wildman–Crippen MR) is 145 cm³/mol. The number of benzene rings is 1. The summed E-state index contributed by atoms with van der Waals surface area (Å²) in [5.74, 6) is 0.782. The van der Waals surface area contributed by atoms with Crippen molar-refractivity contribution in [2.45, 2.75) is 59.3 Å². The molecule has 0 aliphatic carbocycles. The van der Waals surface area contributed by atoms with Crippen LogP contribution in [0.15, 0.2) is 58.8 Å². The molecule has 0 bridgehead atoms. The van der Waals surface area contributed by atoms with Crippen molar-refractivity contribution in [2.75, 3.05) is 11.9 Å². The first-order valence-corrected chi connectivity index (χ1v) is 12.6. The van der Waals surface area contributed by atoms with Gasteiger partial charge in [-0.2, -0.15) is 4.98 Å². The molecule has 1 aliphatic rings. The van der Waals surface area contributed by atoms with Gasteiger partial charge in [-0.05, 0) is 63.4 Å². The Morgan fingerprint density at radius 3 is 2.62 bits per heavy atom. The van der Waals surface area contributed by atoms with Crippen LogP contribution in [0.5, 0.6) is 0 Å². The first kappa shape index (κ1) is 24.6. The van der Waals surface area contributed by atoms with Gasteiger partial charge in [-0.15, -0.1) is 11.7 Å². The summed E-state index contributed by atoms with van der Waals surface area (Å²) in [6.07, 6.45) is 4.15. The van der Waals surface area contributed by atoms with Crippen molar-refractivity contribution in [1.82, 2.24) is 34.0 Å². The normalized spacial score (nSPS) is 13.9. The van der Waals surface area contributed by atoms with E-state index < -0.39 is 0 Å². The van der Waals surface area contributed by atoms with Gasteiger partial charge < -0.3 is 5.32 Å². The van der Waals surface area contributed by atoms with Gasteiger partial charge in [0.1, 0.15) is 5.39 Å². The molecule has 10 heteroatoms. The maximum atomic E-state index is 13.2. The van der Waals surface area contributed by atoms with Crippen molar-refractivity contribution in [1.29, 1.82) is 0 Å². The van der Waals surface area contributed by atoms with Gasteiger partial charge in [0.15, 0.2) is 11.5 Å². The summed E-state index contributed by atoms with van der Waals surface area (Å²) in [5.41, 5.74) is 3.47. The minimum absolute atomic E-state index is 0.141. The van der Waals surface area contributed by atoms with Gasteiger partial charge in [-0.25, -0.2) is 19.0 Å². The number of allylic oxidation sites excluding steroid dienone is 1. The molecule has 5 rings (SSSR count). The molecule has 0 fully saturated rings. The van der Waals surface area contributed by atoms with E-state index in [4.69, 9.17) is 4.98 Å². The van der Waals surface area contributed by atoms with Crippen LogP contribution in [0.1, 0.15) is 44.9 Å². The molecule has 3 aromatic heterocycles. The average Bonchev–Trinajstić information content (AvgIpc) is 3.14. The third kappa shape index (κ3) is 4.60. The van der Waals surface area contributed by atoms with Crippen LogP contribution in [0.2, 0.25) is 0 Å². The van der Waals surface area contributed by atoms with Gasteiger partial charge in [0.25, 0.3) is 11.1 Å². The van der Waals surface area contributed by atoms with Crippen molar-refractivity contribution in [3.05, 3.63) is 81.0 Å². The van der Waals surface area contributed by atoms with Crippen LogP contribution in [0.3, 0.4) is 0 Å². The second-order valence-electron chi connectivity index (χ2n) is 9.91. The summed E-state index contributed by atoms with van der Waals surface area (Å²) in [6, 6.07) is 9.76. The minimum atomic E-state index is -0.256. The van der Waals surface area contributed by atoms with Crippen molar-refractivity contribution in [2.24, 2.45) is 0 Å². The van der Waals surface area contributed by atoms with Crippen LogP contribution < -0.4 is 16.4 Å². The lowest BCUT2D eigenvalue weighted by Gasteiger charge is -2.32. The predicted octanol–water partition coefficient (Wildman–Crippen LogP) is 3.42. The van der Waals surface area contributed by atoms with E-state index in [1.54, 1.807) is 16.8 Å². The smallest absolute Gasteiger partial charge is 0.278 e. The van der Waals surface area contributed by atoms with Crippen molar-refractivity contribution < 1.29 is 0 Å². The first-order valence-electron chi connectivity index (χ1n) is 12.6. The van der Waals surface area contributed by atoms with E-state index in [0.717, 1.165) is 25.2 Å². The quantitative estimate of drug-likeness (QED) is 0.388. The topological polar surface area (TPSA) is 103 Å². The fourth-order valence-electron chi connectivity index (χ4n) is 4.73. The highest BCUT2D eigenvalue weighted by Crippen LogP contribution is 2.25. The molecule has 192 valence electrons. The summed E-state index contributed by atoms with van der Waals surface area (Å²) in [7, 11) is 0. The molecule has 0 atom stereocenters. The molecule has 1 N–H and O–H groups in total. The lowest BCUT2D eigenvalue weighted by molar-refractivity contribution is 0.203. The van der Waals surface area contributed by atoms with Crippen LogP contribution in [-0.4, -0.2) is 46.6 Å². The van der Waals surface area contributed by atoms with Gasteiger partial charge in [0, 0.05) is 37.1 Å². The molecule has 0 saturated carbocycles. The van der Waals surface area contributed by atoms with Gasteiger partial charge in [0.2, 0.25) is 5.95 Å². The van der Waals surface area contributed by atoms with E-state index in [9.17, 15) is 9.59 Å². The number of hydrogen-bond donors (Lipinski definition) is 1. The zero-order chi connectivity index (χ0) is 26.3. The van der Waals surface area contributed by atoms with Crippen LogP contribution in [-0.2, 0) is 19.5 Å². The molecule has 1 aliphatic heterocycles. The molecule has 1 aromatic carbocycles. The molecular formula is C27H32N8O2. The Morgan fingerprint density at radius 1 is 1.08 bits per heavy atom. The molecule has 4 heterocycles. The van der Waals surface area contributed by atoms with Crippen LogP contribution in [0, 0.1) is 0 Å². The average molecular weight is 501 g/mol. The zero-order valence-corrected chi connectivity index (χ0v) is 21.7. The molecule has 0 saturated heterocycles. The van der Waals surface area contributed by atoms with E-state index in [1.807, 2.05) is 19.9 Å². The van der Waals surface area contributed by atoms with Gasteiger partial charge >= 0.3 is 0 Å². The van der Waals surface area contributed by atoms with Gasteiger partial charge in [0.05, 0.1) is 12.6 Å². The van der Waals surface area contributed by atoms with E-state index in [1.165, 1.54) is 32.8 Å². The lowest BCUT2D eigenvalue weighted by atomic mass is 9.98. The Kier molecular flexibility index (Phi) is 6.51. The van der Waals surface area contributed by atoms with Crippen molar-refractivity contribution >= 4 is 22.7 Å². The number of rotatable bonds is 7. The SMILES string of the molecule is C=CCn1c(=O)c2cnc(Nc3ccc4c(c3)CCN(C(C)C)C4)nc2n1-c1ccc(=O)n(C(C)C)n1. The number of nitrogens with one attached hydrogen (secondary N) is 1. The fraction of sp³-hybridized carbons (Fsp3) is 0.370. The third-order valence-corrected chi connectivity index (χ3v) is 6.73. The molecule has 0 radical (unpaired) electrons. The van der Waals surface area contributed by atoms with Crippen LogP contribution in [0.4, 0.5) is 11.6 Å². The molecular weight excluding hydrogens is 468 g/mol. The van der Waals surface area contributed by atoms with E-state index in [0.29, 0.717) is 28.8 Å². The summed E-state index contributed by atoms with van der Waals surface area (Å²) >= 11 is 0. The number of aromatic nitrogens is 6. The highest BCUT2D eigenvalue weighted by atomic mass is 16.1. The molecule has 0 spiro atoms. The maximum absolute atomic E-state index is 13.2. The van der Waals surface area contributed by atoms with Crippen molar-refractivity contribution in [3.8, 4) is 5.82 Å². The highest BCUT2D eigenvalue weighted by molar-refractivity contribution is 5.77. The minimum Gasteiger partial charge on any atom is -0.324 e. The Bertz CT molecular complexity index is 1590. The molecule has 0 unspecified atom stereocenters. The Labute approximate surface area is 214 Å². The zero-order valence-electron chi connectivity index (χ0n) is 21.7. The number of anilines is 2. The Balaban J connectivity index is 1.56. The summed E-state index contributed by atoms with van der Waals surface area (Å²) in [4.78, 5) is 37.1. The lowest BCUT2D eigenvalue weighted by Crippen LogP contribution is -2.35. The number of hydrogen-bond acceptors (Lipinski definition) is 7. The molecule has 10 nitrogen and oxygen atoms in total. The summed E-state index contributed by atoms with van der Waals surface area (Å²) in [5, 5.41) is 8.18. The van der Waals surface area contributed by atoms with Gasteiger partial charge in [-0.3, -0.25) is 14.5 Å². The standard InChI is InChI=1S/C27H32N8O2/c1-6-12-33-26(37)22-15-28-27(29-21-8-7-20-16-32(17(2)3)13-11-19(20)14-21)30-25(22)35(33)23-9-10-24(36)34(31-23)18(4)5/h6-10,14-15,17-18H,1,11-13,16H2,2-5H3,(H,28,29,30). The Morgan fingerprint density at radius 2 is 1.89 bits per heavy atom. The Hall–Kier alpha value is -4.05. The summed E-state index contributed by atoms with van der Waals surface area (Å²) in [6.45, 7) is 14.2. The first-order chi connectivity index (χ1) is 17.8. The molecule has 0 amide bonds. The van der Waals surface area contributed by atoms with Gasteiger partial charge in [-0.1, -0.05) is 12.1 Å². The molecule has 37 heavy (non-hydrogen) atoms. The molecule has 4 aromatic rings. The van der Waals surface area contributed by atoms with Crippen LogP contribution >= 0.6 is 0 Å².